The van der Waals surface area contributed by atoms with Crippen LogP contribution in [0.1, 0.15) is 30.0 Å². The summed E-state index contributed by atoms with van der Waals surface area (Å²) in [6.45, 7) is 3.25. The monoisotopic (exact) mass is 367 g/mol. The fraction of sp³-hybridized carbons (Fsp3) is 0.647. The molecule has 2 saturated heterocycles. The van der Waals surface area contributed by atoms with E-state index in [0.29, 0.717) is 45.7 Å². The van der Waals surface area contributed by atoms with Gasteiger partial charge in [0, 0.05) is 38.5 Å². The summed E-state index contributed by atoms with van der Waals surface area (Å²) in [4.78, 5) is 0. The van der Waals surface area contributed by atoms with Gasteiger partial charge in [0.25, 0.3) is 10.2 Å². The van der Waals surface area contributed by atoms with Crippen molar-refractivity contribution in [1.82, 2.24) is 14.3 Å². The van der Waals surface area contributed by atoms with Gasteiger partial charge in [-0.3, -0.25) is 0 Å². The Morgan fingerprint density at radius 1 is 1.20 bits per heavy atom. The lowest BCUT2D eigenvalue weighted by molar-refractivity contribution is -0.179. The van der Waals surface area contributed by atoms with Crippen LogP contribution in [0.5, 0.6) is 0 Å². The molecule has 1 unspecified atom stereocenters. The molecule has 1 spiro atoms. The predicted octanol–water partition coefficient (Wildman–Crippen LogP) is 0.547. The lowest BCUT2D eigenvalue weighted by atomic mass is 9.95. The summed E-state index contributed by atoms with van der Waals surface area (Å²) in [6.07, 6.45) is 2.14. The van der Waals surface area contributed by atoms with Crippen LogP contribution in [0.2, 0.25) is 0 Å². The molecule has 4 rings (SSSR count). The van der Waals surface area contributed by atoms with Crippen LogP contribution < -0.4 is 10.0 Å². The molecular weight excluding hydrogens is 342 g/mol. The molecule has 0 aliphatic carbocycles. The van der Waals surface area contributed by atoms with Gasteiger partial charge in [-0.2, -0.15) is 12.7 Å². The molecule has 138 valence electrons. The van der Waals surface area contributed by atoms with Crippen molar-refractivity contribution >= 4 is 10.2 Å². The summed E-state index contributed by atoms with van der Waals surface area (Å²) in [5, 5.41) is 3.40. The highest BCUT2D eigenvalue weighted by Crippen LogP contribution is 2.32. The van der Waals surface area contributed by atoms with E-state index >= 15 is 0 Å². The van der Waals surface area contributed by atoms with Crippen LogP contribution in [0.4, 0.5) is 0 Å². The van der Waals surface area contributed by atoms with Crippen molar-refractivity contribution in [2.75, 3.05) is 39.4 Å². The smallest absolute Gasteiger partial charge is 0.279 e. The number of fused-ring (bicyclic) bond motifs is 1. The molecule has 2 N–H and O–H groups in total. The van der Waals surface area contributed by atoms with Gasteiger partial charge in [-0.1, -0.05) is 24.3 Å². The molecular formula is C17H25N3O4S. The first-order valence-corrected chi connectivity index (χ1v) is 10.4. The molecule has 3 heterocycles. The largest absolute Gasteiger partial charge is 0.347 e. The molecule has 7 nitrogen and oxygen atoms in total. The number of rotatable bonds is 4. The minimum Gasteiger partial charge on any atom is -0.347 e. The van der Waals surface area contributed by atoms with E-state index in [-0.39, 0.29) is 6.04 Å². The van der Waals surface area contributed by atoms with E-state index < -0.39 is 16.0 Å². The molecule has 1 aromatic carbocycles. The lowest BCUT2D eigenvalue weighted by Crippen LogP contribution is -2.51. The van der Waals surface area contributed by atoms with Crippen molar-refractivity contribution in [3.63, 3.8) is 0 Å². The van der Waals surface area contributed by atoms with Crippen molar-refractivity contribution in [3.8, 4) is 0 Å². The minimum atomic E-state index is -3.50. The average Bonchev–Trinajstić information content (AvgIpc) is 3.08. The van der Waals surface area contributed by atoms with Crippen LogP contribution in [0.25, 0.3) is 0 Å². The van der Waals surface area contributed by atoms with E-state index in [0.717, 1.165) is 13.0 Å². The number of hydrogen-bond donors (Lipinski definition) is 2. The van der Waals surface area contributed by atoms with Crippen molar-refractivity contribution in [2.24, 2.45) is 0 Å². The number of nitrogens with zero attached hydrogens (tertiary/aromatic N) is 1. The van der Waals surface area contributed by atoms with Gasteiger partial charge in [-0.05, 0) is 24.1 Å². The molecule has 0 aromatic heterocycles. The highest BCUT2D eigenvalue weighted by atomic mass is 32.2. The van der Waals surface area contributed by atoms with Crippen molar-refractivity contribution < 1.29 is 17.9 Å². The number of piperidine rings is 1. The predicted molar refractivity (Wildman–Crippen MR) is 93.3 cm³/mol. The third-order valence-electron chi connectivity index (χ3n) is 5.32. The standard InChI is InChI=1S/C17H25N3O4S/c21-25(22,20-9-6-17(7-10-20)23-11-12-24-17)19-13-16-15-4-2-1-3-14(15)5-8-18-16/h1-4,16,18-19H,5-13H2. The van der Waals surface area contributed by atoms with Crippen LogP contribution in [0, 0.1) is 0 Å². The van der Waals surface area contributed by atoms with Crippen LogP contribution in [-0.2, 0) is 26.1 Å². The first-order chi connectivity index (χ1) is 12.1. The Balaban J connectivity index is 1.36. The van der Waals surface area contributed by atoms with E-state index in [1.165, 1.54) is 15.4 Å². The zero-order valence-electron chi connectivity index (χ0n) is 14.2. The molecule has 0 bridgehead atoms. The zero-order valence-corrected chi connectivity index (χ0v) is 15.1. The second-order valence-electron chi connectivity index (χ2n) is 6.82. The van der Waals surface area contributed by atoms with E-state index in [2.05, 4.69) is 22.2 Å². The van der Waals surface area contributed by atoms with E-state index in [4.69, 9.17) is 9.47 Å². The normalized spacial score (nSPS) is 26.6. The van der Waals surface area contributed by atoms with Crippen LogP contribution >= 0.6 is 0 Å². The van der Waals surface area contributed by atoms with Gasteiger partial charge < -0.3 is 14.8 Å². The Kier molecular flexibility index (Phi) is 4.83. The first-order valence-electron chi connectivity index (χ1n) is 8.92. The van der Waals surface area contributed by atoms with E-state index in [1.807, 2.05) is 12.1 Å². The van der Waals surface area contributed by atoms with Crippen LogP contribution in [-0.4, -0.2) is 57.9 Å². The highest BCUT2D eigenvalue weighted by molar-refractivity contribution is 7.87. The third kappa shape index (κ3) is 3.60. The van der Waals surface area contributed by atoms with Gasteiger partial charge in [0.1, 0.15) is 0 Å². The lowest BCUT2D eigenvalue weighted by Gasteiger charge is -2.37. The maximum Gasteiger partial charge on any atom is 0.279 e. The van der Waals surface area contributed by atoms with Crippen molar-refractivity contribution in [2.45, 2.75) is 31.1 Å². The molecule has 8 heteroatoms. The maximum atomic E-state index is 12.6. The fourth-order valence-corrected chi connectivity index (χ4v) is 5.13. The van der Waals surface area contributed by atoms with Gasteiger partial charge in [-0.25, -0.2) is 4.72 Å². The second-order valence-corrected chi connectivity index (χ2v) is 8.57. The summed E-state index contributed by atoms with van der Waals surface area (Å²) in [6, 6.07) is 8.22. The topological polar surface area (TPSA) is 79.9 Å². The molecule has 0 amide bonds. The minimum absolute atomic E-state index is 0.0114. The Morgan fingerprint density at radius 3 is 2.68 bits per heavy atom. The molecule has 0 radical (unpaired) electrons. The zero-order chi connectivity index (χ0) is 17.3. The van der Waals surface area contributed by atoms with Crippen LogP contribution in [0.3, 0.4) is 0 Å². The molecule has 25 heavy (non-hydrogen) atoms. The summed E-state index contributed by atoms with van der Waals surface area (Å²) in [7, 11) is -3.50. The first kappa shape index (κ1) is 17.4. The number of benzene rings is 1. The Morgan fingerprint density at radius 2 is 1.92 bits per heavy atom. The number of hydrogen-bond acceptors (Lipinski definition) is 5. The number of ether oxygens (including phenoxy) is 2. The summed E-state index contributed by atoms with van der Waals surface area (Å²) < 4.78 is 40.9. The van der Waals surface area contributed by atoms with E-state index in [1.54, 1.807) is 0 Å². The van der Waals surface area contributed by atoms with E-state index in [9.17, 15) is 8.42 Å². The third-order valence-corrected chi connectivity index (χ3v) is 6.90. The quantitative estimate of drug-likeness (QED) is 0.812. The van der Waals surface area contributed by atoms with Gasteiger partial charge in [0.15, 0.2) is 5.79 Å². The number of nitrogens with one attached hydrogen (secondary N) is 2. The highest BCUT2D eigenvalue weighted by Gasteiger charge is 2.42. The fourth-order valence-electron chi connectivity index (χ4n) is 3.91. The SMILES string of the molecule is O=S(=O)(NCC1NCCc2ccccc21)N1CCC2(CC1)OCCO2. The summed E-state index contributed by atoms with van der Waals surface area (Å²) in [5.74, 6) is -0.560. The molecule has 3 aliphatic rings. The molecule has 1 atom stereocenters. The molecule has 3 aliphatic heterocycles. The molecule has 0 saturated carbocycles. The summed E-state index contributed by atoms with van der Waals surface area (Å²) >= 11 is 0. The van der Waals surface area contributed by atoms with Crippen molar-refractivity contribution in [1.29, 1.82) is 0 Å². The maximum absolute atomic E-state index is 12.6. The average molecular weight is 367 g/mol. The Bertz CT molecular complexity index is 708. The van der Waals surface area contributed by atoms with Gasteiger partial charge >= 0.3 is 0 Å². The van der Waals surface area contributed by atoms with Gasteiger partial charge in [-0.15, -0.1) is 0 Å². The second kappa shape index (κ2) is 6.94. The molecule has 2 fully saturated rings. The van der Waals surface area contributed by atoms with Gasteiger partial charge in [0.05, 0.1) is 13.2 Å². The Hall–Kier alpha value is -1.03. The summed E-state index contributed by atoms with van der Waals surface area (Å²) in [5.41, 5.74) is 2.47. The van der Waals surface area contributed by atoms with Crippen LogP contribution in [0.15, 0.2) is 24.3 Å². The Labute approximate surface area is 148 Å². The van der Waals surface area contributed by atoms with Crippen molar-refractivity contribution in [3.05, 3.63) is 35.4 Å². The molecule has 1 aromatic rings. The van der Waals surface area contributed by atoms with Gasteiger partial charge in [0.2, 0.25) is 0 Å².